The molecule has 94 valence electrons. The van der Waals surface area contributed by atoms with Crippen LogP contribution >= 0.6 is 31.9 Å². The molecule has 0 bridgehead atoms. The number of nitrogens with two attached hydrogens (primary N) is 1. The van der Waals surface area contributed by atoms with Crippen LogP contribution in [0.25, 0.3) is 0 Å². The fraction of sp³-hybridized carbons (Fsp3) is 0.167. The molecule has 3 N–H and O–H groups in total. The van der Waals surface area contributed by atoms with Gasteiger partial charge in [-0.2, -0.15) is 0 Å². The van der Waals surface area contributed by atoms with Crippen molar-refractivity contribution < 1.29 is 23.3 Å². The van der Waals surface area contributed by atoms with Crippen molar-refractivity contribution in [1.29, 1.82) is 0 Å². The van der Waals surface area contributed by atoms with Gasteiger partial charge in [0.15, 0.2) is 4.47 Å². The smallest absolute Gasteiger partial charge is 0.279 e. The molecule has 17 heavy (non-hydrogen) atoms. The summed E-state index contributed by atoms with van der Waals surface area (Å²) in [6, 6.07) is 0. The molecule has 8 nitrogen and oxygen atoms in total. The molecule has 0 aliphatic rings. The fourth-order valence-corrected chi connectivity index (χ4v) is 3.64. The van der Waals surface area contributed by atoms with Crippen molar-refractivity contribution in [2.45, 2.75) is 5.75 Å². The molecule has 1 rings (SSSR count). The average Bonchev–Trinajstić information content (AvgIpc) is 2.09. The number of rotatable bonds is 3. The Morgan fingerprint density at radius 1 is 1.53 bits per heavy atom. The molecular formula is C6H6Br2N3O5S+. The summed E-state index contributed by atoms with van der Waals surface area (Å²) in [6.45, 7) is 0. The average molecular weight is 392 g/mol. The van der Waals surface area contributed by atoms with E-state index in [9.17, 15) is 23.7 Å². The number of aromatic nitrogens is 1. The maximum absolute atomic E-state index is 11.0. The third-order valence-electron chi connectivity index (χ3n) is 1.72. The molecule has 0 unspecified atom stereocenters. The molecule has 0 atom stereocenters. The lowest BCUT2D eigenvalue weighted by molar-refractivity contribution is -0.921. The van der Waals surface area contributed by atoms with E-state index in [1.807, 2.05) is 0 Å². The van der Waals surface area contributed by atoms with Gasteiger partial charge in [-0.25, -0.2) is 13.6 Å². The standard InChI is InChI=1S/C6H6Br2N3O5S/c7-4-1-10(12)6(11(13)14)5(8)3(4)2-17(9,15)16/h1,12H,2H2,(H2,9,15,16)/q+1. The van der Waals surface area contributed by atoms with Gasteiger partial charge in [0, 0.05) is 5.56 Å². The number of sulfonamides is 1. The minimum Gasteiger partial charge on any atom is -0.279 e. The number of primary sulfonamides is 1. The normalized spacial score (nSPS) is 11.5. The van der Waals surface area contributed by atoms with Crippen molar-refractivity contribution >= 4 is 47.7 Å². The molecule has 0 spiro atoms. The Morgan fingerprint density at radius 3 is 2.47 bits per heavy atom. The van der Waals surface area contributed by atoms with Crippen LogP contribution in [0.5, 0.6) is 0 Å². The molecular weight excluding hydrogens is 386 g/mol. The van der Waals surface area contributed by atoms with E-state index < -0.39 is 26.5 Å². The molecule has 0 aliphatic carbocycles. The largest absolute Gasteiger partial charge is 0.563 e. The predicted molar refractivity (Wildman–Crippen MR) is 62.7 cm³/mol. The number of nitro groups is 1. The lowest BCUT2D eigenvalue weighted by Crippen LogP contribution is -2.34. The van der Waals surface area contributed by atoms with Gasteiger partial charge in [0.05, 0.1) is 15.0 Å². The predicted octanol–water partition coefficient (Wildman–Crippen LogP) is 0.433. The van der Waals surface area contributed by atoms with Crippen molar-refractivity contribution in [1.82, 2.24) is 0 Å². The zero-order valence-electron chi connectivity index (χ0n) is 8.00. The summed E-state index contributed by atoms with van der Waals surface area (Å²) < 4.78 is 22.2. The van der Waals surface area contributed by atoms with Gasteiger partial charge in [-0.3, -0.25) is 15.3 Å². The molecule has 0 radical (unpaired) electrons. The van der Waals surface area contributed by atoms with Gasteiger partial charge in [0.2, 0.25) is 16.2 Å². The lowest BCUT2D eigenvalue weighted by Gasteiger charge is -2.02. The van der Waals surface area contributed by atoms with Crippen LogP contribution in [0.15, 0.2) is 15.1 Å². The molecule has 0 aliphatic heterocycles. The first kappa shape index (κ1) is 14.3. The highest BCUT2D eigenvalue weighted by Gasteiger charge is 2.33. The maximum atomic E-state index is 11.0. The lowest BCUT2D eigenvalue weighted by atomic mass is 10.3. The Kier molecular flexibility index (Phi) is 4.06. The monoisotopic (exact) mass is 390 g/mol. The molecule has 1 aromatic rings. The van der Waals surface area contributed by atoms with Crippen LogP contribution < -0.4 is 9.87 Å². The molecule has 0 amide bonds. The van der Waals surface area contributed by atoms with Crippen molar-refractivity contribution in [3.05, 3.63) is 30.8 Å². The second kappa shape index (κ2) is 4.84. The van der Waals surface area contributed by atoms with E-state index in [2.05, 4.69) is 31.9 Å². The van der Waals surface area contributed by atoms with Crippen LogP contribution in [-0.4, -0.2) is 18.5 Å². The van der Waals surface area contributed by atoms with Crippen molar-refractivity contribution in [2.75, 3.05) is 0 Å². The molecule has 11 heteroatoms. The third-order valence-corrected chi connectivity index (χ3v) is 3.93. The third kappa shape index (κ3) is 3.34. The van der Waals surface area contributed by atoms with Gasteiger partial charge in [0.25, 0.3) is 0 Å². The Morgan fingerprint density at radius 2 is 2.06 bits per heavy atom. The number of nitrogens with zero attached hydrogens (tertiary/aromatic N) is 2. The summed E-state index contributed by atoms with van der Waals surface area (Å²) >= 11 is 5.84. The fourth-order valence-electron chi connectivity index (χ4n) is 1.08. The quantitative estimate of drug-likeness (QED) is 0.334. The highest BCUT2D eigenvalue weighted by atomic mass is 79.9. The van der Waals surface area contributed by atoms with E-state index in [4.69, 9.17) is 5.14 Å². The van der Waals surface area contributed by atoms with Gasteiger partial charge in [-0.15, -0.1) is 0 Å². The van der Waals surface area contributed by atoms with Crippen molar-refractivity contribution in [2.24, 2.45) is 5.14 Å². The minimum absolute atomic E-state index is 0.0597. The van der Waals surface area contributed by atoms with Gasteiger partial charge in [-0.1, -0.05) is 0 Å². The SMILES string of the molecule is NS(=O)(=O)Cc1c(Br)c[n+](O)c([N+](=O)[O-])c1Br. The number of pyridine rings is 1. The number of halogens is 2. The summed E-state index contributed by atoms with van der Waals surface area (Å²) in [7, 11) is -3.85. The molecule has 0 saturated heterocycles. The zero-order chi connectivity index (χ0) is 13.4. The Balaban J connectivity index is 3.52. The van der Waals surface area contributed by atoms with E-state index in [0.29, 0.717) is 0 Å². The van der Waals surface area contributed by atoms with Crippen LogP contribution in [0.1, 0.15) is 5.56 Å². The first-order valence-electron chi connectivity index (χ1n) is 3.90. The topological polar surface area (TPSA) is 127 Å². The van der Waals surface area contributed by atoms with Gasteiger partial charge in [-0.05, 0) is 31.9 Å². The van der Waals surface area contributed by atoms with Gasteiger partial charge < -0.3 is 0 Å². The van der Waals surface area contributed by atoms with Crippen LogP contribution in [0, 0.1) is 10.1 Å². The van der Waals surface area contributed by atoms with Crippen LogP contribution in [0.2, 0.25) is 0 Å². The van der Waals surface area contributed by atoms with Crippen molar-refractivity contribution in [3.8, 4) is 0 Å². The summed E-state index contributed by atoms with van der Waals surface area (Å²) in [5, 5.41) is 24.8. The second-order valence-corrected chi connectivity index (χ2v) is 6.26. The minimum atomic E-state index is -3.85. The summed E-state index contributed by atoms with van der Waals surface area (Å²) in [4.78, 5) is 9.81. The summed E-state index contributed by atoms with van der Waals surface area (Å²) in [5.41, 5.74) is 0.0597. The first-order valence-corrected chi connectivity index (χ1v) is 7.20. The zero-order valence-corrected chi connectivity index (χ0v) is 12.0. The van der Waals surface area contributed by atoms with Crippen LogP contribution in [0.4, 0.5) is 5.82 Å². The van der Waals surface area contributed by atoms with E-state index in [1.54, 1.807) is 0 Å². The van der Waals surface area contributed by atoms with E-state index in [1.165, 1.54) is 0 Å². The van der Waals surface area contributed by atoms with Crippen LogP contribution in [-0.2, 0) is 15.8 Å². The Bertz CT molecular complexity index is 588. The second-order valence-electron chi connectivity index (χ2n) is 3.00. The van der Waals surface area contributed by atoms with Gasteiger partial charge >= 0.3 is 5.82 Å². The number of hydrogen-bond donors (Lipinski definition) is 2. The van der Waals surface area contributed by atoms with Crippen molar-refractivity contribution in [3.63, 3.8) is 0 Å². The molecule has 0 saturated carbocycles. The highest BCUT2D eigenvalue weighted by Crippen LogP contribution is 2.31. The van der Waals surface area contributed by atoms with E-state index in [-0.39, 0.29) is 19.2 Å². The van der Waals surface area contributed by atoms with Crippen LogP contribution in [0.3, 0.4) is 0 Å². The van der Waals surface area contributed by atoms with E-state index in [0.717, 1.165) is 6.20 Å². The Labute approximate surface area is 112 Å². The maximum Gasteiger partial charge on any atom is 0.563 e. The Hall–Kier alpha value is -0.780. The molecule has 0 fully saturated rings. The highest BCUT2D eigenvalue weighted by molar-refractivity contribution is 9.11. The molecule has 1 aromatic heterocycles. The molecule has 1 heterocycles. The molecule has 0 aromatic carbocycles. The number of hydrogen-bond acceptors (Lipinski definition) is 5. The van der Waals surface area contributed by atoms with Gasteiger partial charge in [0.1, 0.15) is 4.92 Å². The summed E-state index contributed by atoms with van der Waals surface area (Å²) in [6.07, 6.45) is 0.962. The first-order chi connectivity index (χ1) is 7.63. The summed E-state index contributed by atoms with van der Waals surface area (Å²) in [5.74, 6) is -1.29. The van der Waals surface area contributed by atoms with E-state index >= 15 is 0 Å².